The molecule has 2 aromatic rings. The summed E-state index contributed by atoms with van der Waals surface area (Å²) in [6.45, 7) is 1.95. The smallest absolute Gasteiger partial charge is 0.127 e. The molecular weight excluding hydrogens is 288 g/mol. The molecule has 0 amide bonds. The van der Waals surface area contributed by atoms with Crippen molar-refractivity contribution in [1.82, 2.24) is 9.97 Å². The van der Waals surface area contributed by atoms with Gasteiger partial charge in [-0.05, 0) is 53.4 Å². The maximum absolute atomic E-state index is 5.83. The Kier molecular flexibility index (Phi) is 3.66. The average molecular weight is 300 g/mol. The van der Waals surface area contributed by atoms with Gasteiger partial charge in [-0.2, -0.15) is 0 Å². The molecular formula is C12H12BrClN2. The minimum absolute atomic E-state index is 0.780. The van der Waals surface area contributed by atoms with Crippen LogP contribution in [0.5, 0.6) is 0 Å². The van der Waals surface area contributed by atoms with Crippen LogP contribution in [-0.2, 0) is 12.8 Å². The molecule has 0 bridgehead atoms. The SMILES string of the molecule is Cc1nc(Br)c(CCc2ccc(Cl)cc2)[nH]1. The minimum atomic E-state index is 0.780. The number of halogens is 2. The van der Waals surface area contributed by atoms with Gasteiger partial charge in [0.1, 0.15) is 10.4 Å². The van der Waals surface area contributed by atoms with Crippen LogP contribution in [0.2, 0.25) is 5.02 Å². The standard InChI is InChI=1S/C12H12BrClN2/c1-8-15-11(12(13)16-8)7-4-9-2-5-10(14)6-3-9/h2-3,5-6H,4,7H2,1H3,(H,15,16). The Balaban J connectivity index is 2.02. The normalized spacial score (nSPS) is 10.7. The van der Waals surface area contributed by atoms with E-state index in [4.69, 9.17) is 11.6 Å². The second-order valence-electron chi connectivity index (χ2n) is 3.72. The first-order valence-corrected chi connectivity index (χ1v) is 6.27. The van der Waals surface area contributed by atoms with Gasteiger partial charge in [0.15, 0.2) is 0 Å². The summed E-state index contributed by atoms with van der Waals surface area (Å²) in [5.74, 6) is 0.943. The van der Waals surface area contributed by atoms with Gasteiger partial charge in [0.05, 0.1) is 0 Å². The number of aryl methyl sites for hydroxylation is 3. The predicted molar refractivity (Wildman–Crippen MR) is 69.9 cm³/mol. The van der Waals surface area contributed by atoms with Crippen LogP contribution in [-0.4, -0.2) is 9.97 Å². The molecule has 0 aliphatic carbocycles. The van der Waals surface area contributed by atoms with Gasteiger partial charge in [-0.15, -0.1) is 0 Å². The first kappa shape index (κ1) is 11.7. The fourth-order valence-electron chi connectivity index (χ4n) is 1.60. The number of rotatable bonds is 3. The number of imidazole rings is 1. The van der Waals surface area contributed by atoms with Crippen molar-refractivity contribution in [2.45, 2.75) is 19.8 Å². The third-order valence-electron chi connectivity index (χ3n) is 2.42. The Morgan fingerprint density at radius 2 is 1.94 bits per heavy atom. The summed E-state index contributed by atoms with van der Waals surface area (Å²) in [4.78, 5) is 7.52. The topological polar surface area (TPSA) is 28.7 Å². The van der Waals surface area contributed by atoms with E-state index in [1.54, 1.807) is 0 Å². The van der Waals surface area contributed by atoms with E-state index in [0.29, 0.717) is 0 Å². The fourth-order valence-corrected chi connectivity index (χ4v) is 2.29. The summed E-state index contributed by atoms with van der Waals surface area (Å²) in [7, 11) is 0. The highest BCUT2D eigenvalue weighted by Crippen LogP contribution is 2.16. The zero-order valence-corrected chi connectivity index (χ0v) is 11.3. The fraction of sp³-hybridized carbons (Fsp3) is 0.250. The molecule has 16 heavy (non-hydrogen) atoms. The second-order valence-corrected chi connectivity index (χ2v) is 4.91. The summed E-state index contributed by atoms with van der Waals surface area (Å²) in [6.07, 6.45) is 1.93. The quantitative estimate of drug-likeness (QED) is 0.914. The number of nitrogens with zero attached hydrogens (tertiary/aromatic N) is 1. The van der Waals surface area contributed by atoms with Crippen molar-refractivity contribution < 1.29 is 0 Å². The van der Waals surface area contributed by atoms with E-state index in [9.17, 15) is 0 Å². The summed E-state index contributed by atoms with van der Waals surface area (Å²) >= 11 is 9.27. The van der Waals surface area contributed by atoms with Crippen molar-refractivity contribution in [3.8, 4) is 0 Å². The van der Waals surface area contributed by atoms with Crippen LogP contribution >= 0.6 is 27.5 Å². The van der Waals surface area contributed by atoms with Gasteiger partial charge >= 0.3 is 0 Å². The first-order chi connectivity index (χ1) is 7.65. The largest absolute Gasteiger partial charge is 0.345 e. The van der Waals surface area contributed by atoms with E-state index in [-0.39, 0.29) is 0 Å². The summed E-state index contributed by atoms with van der Waals surface area (Å²) in [5.41, 5.74) is 2.43. The van der Waals surface area contributed by atoms with Gasteiger partial charge in [0.2, 0.25) is 0 Å². The highest BCUT2D eigenvalue weighted by atomic mass is 79.9. The number of aromatic amines is 1. The van der Waals surface area contributed by atoms with Gasteiger partial charge in [0, 0.05) is 10.7 Å². The van der Waals surface area contributed by atoms with E-state index in [1.165, 1.54) is 5.56 Å². The highest BCUT2D eigenvalue weighted by Gasteiger charge is 2.05. The van der Waals surface area contributed by atoms with Crippen LogP contribution in [0.25, 0.3) is 0 Å². The van der Waals surface area contributed by atoms with Crippen LogP contribution < -0.4 is 0 Å². The van der Waals surface area contributed by atoms with Crippen LogP contribution in [0.3, 0.4) is 0 Å². The Labute approximate surface area is 108 Å². The molecule has 0 fully saturated rings. The summed E-state index contributed by atoms with van der Waals surface area (Å²) < 4.78 is 0.916. The molecule has 1 heterocycles. The van der Waals surface area contributed by atoms with Crippen molar-refractivity contribution in [3.05, 3.63) is 51.0 Å². The molecule has 0 unspecified atom stereocenters. The Hall–Kier alpha value is -0.800. The zero-order chi connectivity index (χ0) is 11.5. The van der Waals surface area contributed by atoms with Crippen LogP contribution in [0.15, 0.2) is 28.9 Å². The monoisotopic (exact) mass is 298 g/mol. The third-order valence-corrected chi connectivity index (χ3v) is 3.33. The van der Waals surface area contributed by atoms with E-state index >= 15 is 0 Å². The molecule has 0 aliphatic rings. The van der Waals surface area contributed by atoms with Crippen molar-refractivity contribution in [2.75, 3.05) is 0 Å². The second kappa shape index (κ2) is 5.02. The predicted octanol–water partition coefficient (Wildman–Crippen LogP) is 3.92. The van der Waals surface area contributed by atoms with Crippen molar-refractivity contribution in [3.63, 3.8) is 0 Å². The molecule has 0 radical (unpaired) electrons. The molecule has 1 aromatic carbocycles. The average Bonchev–Trinajstić information content (AvgIpc) is 2.57. The summed E-state index contributed by atoms with van der Waals surface area (Å²) in [6, 6.07) is 7.95. The molecule has 2 nitrogen and oxygen atoms in total. The molecule has 1 aromatic heterocycles. The summed E-state index contributed by atoms with van der Waals surface area (Å²) in [5, 5.41) is 0.780. The molecule has 84 valence electrons. The lowest BCUT2D eigenvalue weighted by atomic mass is 10.1. The van der Waals surface area contributed by atoms with Gasteiger partial charge < -0.3 is 4.98 Å². The van der Waals surface area contributed by atoms with Gasteiger partial charge in [-0.3, -0.25) is 0 Å². The first-order valence-electron chi connectivity index (χ1n) is 5.10. The molecule has 1 N–H and O–H groups in total. The molecule has 4 heteroatoms. The molecule has 0 spiro atoms. The molecule has 0 saturated heterocycles. The third kappa shape index (κ3) is 2.86. The lowest BCUT2D eigenvalue weighted by molar-refractivity contribution is 0.915. The van der Waals surface area contributed by atoms with E-state index in [0.717, 1.165) is 34.0 Å². The van der Waals surface area contributed by atoms with Gasteiger partial charge in [0.25, 0.3) is 0 Å². The zero-order valence-electron chi connectivity index (χ0n) is 8.93. The van der Waals surface area contributed by atoms with Crippen molar-refractivity contribution in [2.24, 2.45) is 0 Å². The number of hydrogen-bond acceptors (Lipinski definition) is 1. The number of H-pyrrole nitrogens is 1. The lowest BCUT2D eigenvalue weighted by Crippen LogP contribution is -1.92. The molecule has 2 rings (SSSR count). The highest BCUT2D eigenvalue weighted by molar-refractivity contribution is 9.10. The van der Waals surface area contributed by atoms with Gasteiger partial charge in [-0.25, -0.2) is 4.98 Å². The Morgan fingerprint density at radius 1 is 1.25 bits per heavy atom. The van der Waals surface area contributed by atoms with Crippen molar-refractivity contribution >= 4 is 27.5 Å². The van der Waals surface area contributed by atoms with Gasteiger partial charge in [-0.1, -0.05) is 23.7 Å². The maximum atomic E-state index is 5.83. The van der Waals surface area contributed by atoms with Crippen molar-refractivity contribution in [1.29, 1.82) is 0 Å². The Morgan fingerprint density at radius 3 is 2.50 bits per heavy atom. The molecule has 0 atom stereocenters. The van der Waals surface area contributed by atoms with Crippen LogP contribution in [0.1, 0.15) is 17.1 Å². The number of aromatic nitrogens is 2. The minimum Gasteiger partial charge on any atom is -0.345 e. The number of hydrogen-bond donors (Lipinski definition) is 1. The van der Waals surface area contributed by atoms with Crippen LogP contribution in [0, 0.1) is 6.92 Å². The molecule has 0 saturated carbocycles. The number of benzene rings is 1. The number of nitrogens with one attached hydrogen (secondary N) is 1. The van der Waals surface area contributed by atoms with Crippen LogP contribution in [0.4, 0.5) is 0 Å². The Bertz CT molecular complexity index is 476. The molecule has 0 aliphatic heterocycles. The lowest BCUT2D eigenvalue weighted by Gasteiger charge is -2.00. The maximum Gasteiger partial charge on any atom is 0.127 e. The van der Waals surface area contributed by atoms with E-state index in [2.05, 4.69) is 38.0 Å². The van der Waals surface area contributed by atoms with E-state index in [1.807, 2.05) is 19.1 Å². The van der Waals surface area contributed by atoms with E-state index < -0.39 is 0 Å².